The second kappa shape index (κ2) is 3.31. The molecule has 1 heteroatoms. The van der Waals surface area contributed by atoms with Crippen molar-refractivity contribution >= 4 is 0 Å². The molecule has 0 aromatic rings. The summed E-state index contributed by atoms with van der Waals surface area (Å²) in [6.45, 7) is 0. The van der Waals surface area contributed by atoms with E-state index in [1.807, 2.05) is 42.5 Å². The molecule has 63 valence electrons. The number of fused-ring (bicyclic) bond motifs is 1. The zero-order chi connectivity index (χ0) is 9.10. The van der Waals surface area contributed by atoms with Gasteiger partial charge in [0.25, 0.3) is 0 Å². The minimum absolute atomic E-state index is 0.0659. The smallest absolute Gasteiger partial charge is 0.186 e. The van der Waals surface area contributed by atoms with Gasteiger partial charge in [-0.3, -0.25) is 5.11 Å². The molecular formula is C12H9O. The fraction of sp³-hybridized carbons (Fsp3) is 0. The van der Waals surface area contributed by atoms with Crippen LogP contribution in [0.15, 0.2) is 71.6 Å². The third-order valence-corrected chi connectivity index (χ3v) is 1.97. The lowest BCUT2D eigenvalue weighted by Gasteiger charge is -2.01. The Balaban J connectivity index is 2.54. The zero-order valence-corrected chi connectivity index (χ0v) is 7.10. The molecule has 1 nitrogen and oxygen atoms in total. The zero-order valence-electron chi connectivity index (χ0n) is 7.10. The molecule has 0 bridgehead atoms. The van der Waals surface area contributed by atoms with Gasteiger partial charge in [-0.15, -0.1) is 0 Å². The molecule has 2 rings (SSSR count). The van der Waals surface area contributed by atoms with Gasteiger partial charge in [0, 0.05) is 5.57 Å². The first-order chi connectivity index (χ1) is 6.38. The summed E-state index contributed by atoms with van der Waals surface area (Å²) < 4.78 is 0. The Morgan fingerprint density at radius 2 is 1.54 bits per heavy atom. The fourth-order valence-corrected chi connectivity index (χ4v) is 1.32. The Morgan fingerprint density at radius 3 is 2.46 bits per heavy atom. The molecule has 0 atom stereocenters. The van der Waals surface area contributed by atoms with Crippen LogP contribution in [0.4, 0.5) is 0 Å². The summed E-state index contributed by atoms with van der Waals surface area (Å²) in [5.74, 6) is 0.0659. The molecule has 2 aliphatic carbocycles. The van der Waals surface area contributed by atoms with Crippen molar-refractivity contribution in [2.45, 2.75) is 0 Å². The van der Waals surface area contributed by atoms with E-state index in [1.54, 1.807) is 12.2 Å². The summed E-state index contributed by atoms with van der Waals surface area (Å²) in [4.78, 5) is 0. The van der Waals surface area contributed by atoms with Crippen molar-refractivity contribution in [1.29, 1.82) is 0 Å². The van der Waals surface area contributed by atoms with Gasteiger partial charge in [0.15, 0.2) is 5.76 Å². The minimum atomic E-state index is 0.0659. The Hall–Kier alpha value is -1.76. The van der Waals surface area contributed by atoms with Crippen LogP contribution in [-0.2, 0) is 5.11 Å². The molecular weight excluding hydrogens is 160 g/mol. The van der Waals surface area contributed by atoms with Crippen LogP contribution in [0, 0.1) is 0 Å². The summed E-state index contributed by atoms with van der Waals surface area (Å²) >= 11 is 0. The number of rotatable bonds is 0. The highest BCUT2D eigenvalue weighted by molar-refractivity contribution is 5.56. The van der Waals surface area contributed by atoms with Crippen LogP contribution in [0.5, 0.6) is 0 Å². The summed E-state index contributed by atoms with van der Waals surface area (Å²) in [6.07, 6.45) is 16.7. The van der Waals surface area contributed by atoms with Gasteiger partial charge >= 0.3 is 0 Å². The third-order valence-electron chi connectivity index (χ3n) is 1.97. The average molecular weight is 169 g/mol. The Morgan fingerprint density at radius 1 is 0.769 bits per heavy atom. The molecule has 0 amide bonds. The molecule has 0 heterocycles. The Kier molecular flexibility index (Phi) is 2.01. The molecule has 0 N–H and O–H groups in total. The molecule has 0 fully saturated rings. The quantitative estimate of drug-likeness (QED) is 0.531. The maximum Gasteiger partial charge on any atom is 0.186 e. The number of hydrogen-bond acceptors (Lipinski definition) is 0. The van der Waals surface area contributed by atoms with Crippen molar-refractivity contribution in [2.24, 2.45) is 0 Å². The average Bonchev–Trinajstić information content (AvgIpc) is 2.43. The molecule has 0 aromatic carbocycles. The molecule has 0 aliphatic heterocycles. The minimum Gasteiger partial charge on any atom is -0.289 e. The molecule has 1 radical (unpaired) electrons. The Labute approximate surface area is 77.4 Å². The van der Waals surface area contributed by atoms with E-state index in [0.717, 1.165) is 11.1 Å². The first kappa shape index (κ1) is 7.87. The second-order valence-corrected chi connectivity index (χ2v) is 2.86. The van der Waals surface area contributed by atoms with E-state index >= 15 is 0 Å². The van der Waals surface area contributed by atoms with Gasteiger partial charge in [-0.2, -0.15) is 0 Å². The second-order valence-electron chi connectivity index (χ2n) is 2.86. The SMILES string of the molecule is [O]C1=CC=CC=C2C=CC=CC=C12. The third kappa shape index (κ3) is 1.54. The van der Waals surface area contributed by atoms with Gasteiger partial charge in [0.05, 0.1) is 0 Å². The van der Waals surface area contributed by atoms with Crippen molar-refractivity contribution in [1.82, 2.24) is 0 Å². The van der Waals surface area contributed by atoms with Crippen molar-refractivity contribution in [2.75, 3.05) is 0 Å². The fourth-order valence-electron chi connectivity index (χ4n) is 1.32. The first-order valence-corrected chi connectivity index (χ1v) is 4.19. The lowest BCUT2D eigenvalue weighted by Crippen LogP contribution is -1.88. The molecule has 0 unspecified atom stereocenters. The predicted octanol–water partition coefficient (Wildman–Crippen LogP) is 2.85. The molecule has 0 spiro atoms. The van der Waals surface area contributed by atoms with E-state index in [1.165, 1.54) is 0 Å². The monoisotopic (exact) mass is 169 g/mol. The Bertz CT molecular complexity index is 387. The highest BCUT2D eigenvalue weighted by atomic mass is 16.3. The van der Waals surface area contributed by atoms with E-state index in [-0.39, 0.29) is 5.76 Å². The highest BCUT2D eigenvalue weighted by Crippen LogP contribution is 2.23. The van der Waals surface area contributed by atoms with Crippen molar-refractivity contribution < 1.29 is 5.11 Å². The van der Waals surface area contributed by atoms with Crippen LogP contribution in [-0.4, -0.2) is 0 Å². The number of hydrogen-bond donors (Lipinski definition) is 0. The lowest BCUT2D eigenvalue weighted by atomic mass is 10.0. The van der Waals surface area contributed by atoms with Gasteiger partial charge in [0.2, 0.25) is 0 Å². The first-order valence-electron chi connectivity index (χ1n) is 4.19. The van der Waals surface area contributed by atoms with Gasteiger partial charge in [-0.1, -0.05) is 48.6 Å². The standard InChI is InChI=1S/C12H9O/c13-12-9-5-4-7-10-6-2-1-3-8-11(10)12/h1-9H. The van der Waals surface area contributed by atoms with E-state index in [4.69, 9.17) is 0 Å². The number of allylic oxidation sites excluding steroid dienone is 10. The van der Waals surface area contributed by atoms with Gasteiger partial charge in [-0.25, -0.2) is 0 Å². The van der Waals surface area contributed by atoms with Gasteiger partial charge < -0.3 is 0 Å². The summed E-state index contributed by atoms with van der Waals surface area (Å²) in [5.41, 5.74) is 1.73. The summed E-state index contributed by atoms with van der Waals surface area (Å²) in [5, 5.41) is 11.5. The van der Waals surface area contributed by atoms with Crippen LogP contribution in [0.2, 0.25) is 0 Å². The van der Waals surface area contributed by atoms with Crippen molar-refractivity contribution in [3.8, 4) is 0 Å². The van der Waals surface area contributed by atoms with E-state index in [2.05, 4.69) is 0 Å². The maximum atomic E-state index is 11.5. The summed E-state index contributed by atoms with van der Waals surface area (Å²) in [7, 11) is 0. The van der Waals surface area contributed by atoms with Crippen LogP contribution < -0.4 is 0 Å². The van der Waals surface area contributed by atoms with E-state index < -0.39 is 0 Å². The van der Waals surface area contributed by atoms with Gasteiger partial charge in [0.1, 0.15) is 0 Å². The lowest BCUT2D eigenvalue weighted by molar-refractivity contribution is 0.310. The van der Waals surface area contributed by atoms with Crippen LogP contribution in [0.25, 0.3) is 0 Å². The molecule has 0 saturated heterocycles. The van der Waals surface area contributed by atoms with Crippen molar-refractivity contribution in [3.63, 3.8) is 0 Å². The normalized spacial score (nSPS) is 19.5. The topological polar surface area (TPSA) is 19.9 Å². The van der Waals surface area contributed by atoms with Crippen molar-refractivity contribution in [3.05, 3.63) is 71.6 Å². The van der Waals surface area contributed by atoms with E-state index in [9.17, 15) is 5.11 Å². The summed E-state index contributed by atoms with van der Waals surface area (Å²) in [6, 6.07) is 0. The van der Waals surface area contributed by atoms with Crippen LogP contribution in [0.1, 0.15) is 0 Å². The highest BCUT2D eigenvalue weighted by Gasteiger charge is 2.09. The molecule has 13 heavy (non-hydrogen) atoms. The molecule has 0 saturated carbocycles. The largest absolute Gasteiger partial charge is 0.289 e. The maximum absolute atomic E-state index is 11.5. The van der Waals surface area contributed by atoms with Crippen LogP contribution in [0.3, 0.4) is 0 Å². The van der Waals surface area contributed by atoms with Gasteiger partial charge in [-0.05, 0) is 11.6 Å². The van der Waals surface area contributed by atoms with Crippen LogP contribution >= 0.6 is 0 Å². The molecule has 0 aromatic heterocycles. The molecule has 2 aliphatic rings. The van der Waals surface area contributed by atoms with E-state index in [0.29, 0.717) is 0 Å². The predicted molar refractivity (Wildman–Crippen MR) is 52.4 cm³/mol.